The van der Waals surface area contributed by atoms with Crippen LogP contribution in [0.15, 0.2) is 30.3 Å². The molecule has 2 aromatic rings. The second-order valence-corrected chi connectivity index (χ2v) is 6.87. The molecule has 6 heteroatoms. The van der Waals surface area contributed by atoms with E-state index in [2.05, 4.69) is 45.0 Å². The molecular weight excluding hydrogens is 397 g/mol. The predicted octanol–water partition coefficient (Wildman–Crippen LogP) is 3.59. The van der Waals surface area contributed by atoms with Crippen molar-refractivity contribution in [1.29, 1.82) is 0 Å². The summed E-state index contributed by atoms with van der Waals surface area (Å²) in [5.74, 6) is 3.59. The van der Waals surface area contributed by atoms with Crippen LogP contribution in [0.5, 0.6) is 0 Å². The molecule has 1 atom stereocenters. The van der Waals surface area contributed by atoms with Crippen molar-refractivity contribution in [2.24, 2.45) is 0 Å². The van der Waals surface area contributed by atoms with Crippen LogP contribution in [0.4, 0.5) is 5.82 Å². The molecule has 1 unspecified atom stereocenters. The quantitative estimate of drug-likeness (QED) is 0.780. The molecule has 1 aliphatic rings. The van der Waals surface area contributed by atoms with Gasteiger partial charge in [-0.15, -0.1) is 0 Å². The van der Waals surface area contributed by atoms with E-state index >= 15 is 0 Å². The van der Waals surface area contributed by atoms with Crippen LogP contribution in [-0.2, 0) is 4.74 Å². The first-order valence-corrected chi connectivity index (χ1v) is 9.03. The van der Waals surface area contributed by atoms with Crippen LogP contribution >= 0.6 is 34.4 Å². The second-order valence-electron chi connectivity index (χ2n) is 4.64. The minimum absolute atomic E-state index is 0.0182. The van der Waals surface area contributed by atoms with Gasteiger partial charge >= 0.3 is 0 Å². The Kier molecular flexibility index (Phi) is 4.97. The Bertz CT molecular complexity index is 618. The van der Waals surface area contributed by atoms with E-state index in [4.69, 9.17) is 9.72 Å². The maximum atomic E-state index is 5.82. The Morgan fingerprint density at radius 2 is 2.10 bits per heavy atom. The lowest BCUT2D eigenvalue weighted by molar-refractivity contribution is 0.0696. The Hall–Kier alpha value is -0.860. The average molecular weight is 413 g/mol. The monoisotopic (exact) mass is 413 g/mol. The van der Waals surface area contributed by atoms with E-state index in [1.807, 2.05) is 37.0 Å². The van der Waals surface area contributed by atoms with Gasteiger partial charge in [0.2, 0.25) is 0 Å². The fourth-order valence-electron chi connectivity index (χ4n) is 2.20. The molecule has 4 nitrogen and oxygen atoms in total. The number of nitrogens with zero attached hydrogens (tertiary/aromatic N) is 2. The molecule has 1 N–H and O–H groups in total. The summed E-state index contributed by atoms with van der Waals surface area (Å²) in [5.41, 5.74) is 2.07. The third-order valence-corrected chi connectivity index (χ3v) is 5.27. The zero-order valence-electron chi connectivity index (χ0n) is 11.7. The molecule has 1 aliphatic heterocycles. The van der Waals surface area contributed by atoms with Crippen molar-refractivity contribution in [3.05, 3.63) is 39.7 Å². The number of hydrogen-bond donors (Lipinski definition) is 1. The van der Waals surface area contributed by atoms with Gasteiger partial charge in [-0.05, 0) is 22.6 Å². The van der Waals surface area contributed by atoms with Crippen molar-refractivity contribution in [2.45, 2.75) is 6.10 Å². The van der Waals surface area contributed by atoms with Crippen LogP contribution in [0, 0.1) is 3.57 Å². The summed E-state index contributed by atoms with van der Waals surface area (Å²) >= 11 is 4.19. The molecule has 1 saturated heterocycles. The molecule has 0 bridgehead atoms. The summed E-state index contributed by atoms with van der Waals surface area (Å²) in [6.07, 6.45) is -0.0182. The van der Waals surface area contributed by atoms with Crippen LogP contribution < -0.4 is 5.32 Å². The second kappa shape index (κ2) is 6.93. The molecule has 0 amide bonds. The lowest BCUT2D eigenvalue weighted by Gasteiger charge is -2.22. The van der Waals surface area contributed by atoms with Gasteiger partial charge in [0.1, 0.15) is 11.9 Å². The Morgan fingerprint density at radius 3 is 2.76 bits per heavy atom. The molecule has 0 aliphatic carbocycles. The van der Waals surface area contributed by atoms with Crippen molar-refractivity contribution in [1.82, 2.24) is 9.97 Å². The minimum Gasteiger partial charge on any atom is -0.372 e. The summed E-state index contributed by atoms with van der Waals surface area (Å²) in [4.78, 5) is 9.41. The fourth-order valence-corrected chi connectivity index (χ4v) is 3.86. The van der Waals surface area contributed by atoms with E-state index in [0.29, 0.717) is 0 Å². The van der Waals surface area contributed by atoms with Gasteiger partial charge in [-0.1, -0.05) is 30.3 Å². The highest BCUT2D eigenvalue weighted by Crippen LogP contribution is 2.31. The smallest absolute Gasteiger partial charge is 0.161 e. The maximum absolute atomic E-state index is 5.82. The average Bonchev–Trinajstić information content (AvgIpc) is 2.56. The van der Waals surface area contributed by atoms with E-state index in [1.165, 1.54) is 0 Å². The van der Waals surface area contributed by atoms with Crippen LogP contribution in [0.3, 0.4) is 0 Å². The van der Waals surface area contributed by atoms with Crippen molar-refractivity contribution in [3.63, 3.8) is 0 Å². The van der Waals surface area contributed by atoms with Gasteiger partial charge in [-0.2, -0.15) is 11.8 Å². The highest BCUT2D eigenvalue weighted by atomic mass is 127. The number of hydrogen-bond acceptors (Lipinski definition) is 5. The number of ether oxygens (including phenoxy) is 1. The summed E-state index contributed by atoms with van der Waals surface area (Å²) in [6.45, 7) is 0.764. The molecule has 0 spiro atoms. The molecule has 0 radical (unpaired) electrons. The summed E-state index contributed by atoms with van der Waals surface area (Å²) in [5, 5.41) is 3.16. The van der Waals surface area contributed by atoms with Gasteiger partial charge in [-0.3, -0.25) is 0 Å². The Labute approximate surface area is 142 Å². The van der Waals surface area contributed by atoms with Crippen molar-refractivity contribution >= 4 is 40.2 Å². The molecule has 3 rings (SSSR count). The first-order chi connectivity index (χ1) is 10.3. The Morgan fingerprint density at radius 1 is 1.29 bits per heavy atom. The molecule has 1 aromatic heterocycles. The summed E-state index contributed by atoms with van der Waals surface area (Å²) in [7, 11) is 1.89. The van der Waals surface area contributed by atoms with E-state index in [1.54, 1.807) is 0 Å². The van der Waals surface area contributed by atoms with E-state index in [9.17, 15) is 0 Å². The highest BCUT2D eigenvalue weighted by Gasteiger charge is 2.22. The number of nitrogens with one attached hydrogen (secondary N) is 1. The normalized spacial score (nSPS) is 18.5. The Balaban J connectivity index is 2.06. The first kappa shape index (κ1) is 15.1. The van der Waals surface area contributed by atoms with Crippen molar-refractivity contribution < 1.29 is 4.74 Å². The molecule has 21 heavy (non-hydrogen) atoms. The predicted molar refractivity (Wildman–Crippen MR) is 95.7 cm³/mol. The van der Waals surface area contributed by atoms with Crippen LogP contribution in [0.1, 0.15) is 11.9 Å². The van der Waals surface area contributed by atoms with Crippen LogP contribution in [0.2, 0.25) is 0 Å². The molecule has 1 fully saturated rings. The summed E-state index contributed by atoms with van der Waals surface area (Å²) in [6, 6.07) is 10.2. The molecule has 0 saturated carbocycles. The molecule has 2 heterocycles. The van der Waals surface area contributed by atoms with Crippen molar-refractivity contribution in [2.75, 3.05) is 30.5 Å². The highest BCUT2D eigenvalue weighted by molar-refractivity contribution is 14.1. The number of benzene rings is 1. The van der Waals surface area contributed by atoms with E-state index < -0.39 is 0 Å². The number of aromatic nitrogens is 2. The first-order valence-electron chi connectivity index (χ1n) is 6.79. The lowest BCUT2D eigenvalue weighted by atomic mass is 10.1. The molecule has 1 aromatic carbocycles. The summed E-state index contributed by atoms with van der Waals surface area (Å²) < 4.78 is 6.85. The van der Waals surface area contributed by atoms with Crippen LogP contribution in [-0.4, -0.2) is 35.1 Å². The van der Waals surface area contributed by atoms with E-state index in [-0.39, 0.29) is 6.10 Å². The number of anilines is 1. The van der Waals surface area contributed by atoms with Gasteiger partial charge < -0.3 is 10.1 Å². The van der Waals surface area contributed by atoms with Gasteiger partial charge in [0.25, 0.3) is 0 Å². The topological polar surface area (TPSA) is 47.0 Å². The fraction of sp³-hybridized carbons (Fsp3) is 0.333. The lowest BCUT2D eigenvalue weighted by Crippen LogP contribution is -2.19. The van der Waals surface area contributed by atoms with Crippen LogP contribution in [0.25, 0.3) is 11.3 Å². The van der Waals surface area contributed by atoms with Crippen molar-refractivity contribution in [3.8, 4) is 11.3 Å². The number of halogens is 1. The van der Waals surface area contributed by atoms with Gasteiger partial charge in [-0.25, -0.2) is 9.97 Å². The third-order valence-electron chi connectivity index (χ3n) is 3.26. The molecule has 110 valence electrons. The number of thioether (sulfide) groups is 1. The zero-order valence-corrected chi connectivity index (χ0v) is 14.6. The van der Waals surface area contributed by atoms with Gasteiger partial charge in [0.05, 0.1) is 15.9 Å². The third kappa shape index (κ3) is 3.32. The maximum Gasteiger partial charge on any atom is 0.161 e. The number of rotatable bonds is 3. The van der Waals surface area contributed by atoms with Gasteiger partial charge in [0, 0.05) is 24.1 Å². The SMILES string of the molecule is CNc1nc(C2CSCCO2)nc(-c2ccccc2)c1I. The van der Waals surface area contributed by atoms with E-state index in [0.717, 1.165) is 44.6 Å². The molecular formula is C15H16IN3OS. The zero-order chi connectivity index (χ0) is 14.7. The van der Waals surface area contributed by atoms with Gasteiger partial charge in [0.15, 0.2) is 5.82 Å². The standard InChI is InChI=1S/C15H16IN3OS/c1-17-15-12(16)13(10-5-3-2-4-6-10)18-14(19-15)11-9-21-8-7-20-11/h2-6,11H,7-9H2,1H3,(H,17,18,19). The minimum atomic E-state index is -0.0182. The largest absolute Gasteiger partial charge is 0.372 e.